The van der Waals surface area contributed by atoms with Gasteiger partial charge in [-0.25, -0.2) is 0 Å². The van der Waals surface area contributed by atoms with Gasteiger partial charge in [-0.15, -0.1) is 0 Å². The maximum atomic E-state index is 11.9. The molecule has 3 nitrogen and oxygen atoms in total. The molecule has 0 unspecified atom stereocenters. The lowest BCUT2D eigenvalue weighted by Gasteiger charge is -2.17. The van der Waals surface area contributed by atoms with Crippen LogP contribution >= 0.6 is 0 Å². The Hall–Kier alpha value is -1.64. The maximum Gasteiger partial charge on any atom is 0.221 e. The molecule has 0 atom stereocenters. The van der Waals surface area contributed by atoms with E-state index >= 15 is 0 Å². The molecular weight excluding hydrogens is 226 g/mol. The standard InChI is InChI=1S/C15H21NO2/c1-11(17)16-13-7-5-12(6-8-13)14(18)9-10-15(2,3)4/h5-8H,9-10H2,1-4H3,(H,16,17). The first-order chi connectivity index (χ1) is 8.28. The van der Waals surface area contributed by atoms with Crippen LogP contribution in [0, 0.1) is 5.41 Å². The van der Waals surface area contributed by atoms with Crippen LogP contribution in [0.5, 0.6) is 0 Å². The molecule has 1 amide bonds. The summed E-state index contributed by atoms with van der Waals surface area (Å²) >= 11 is 0. The number of ketones is 1. The SMILES string of the molecule is CC(=O)Nc1ccc(C(=O)CCC(C)(C)C)cc1. The Labute approximate surface area is 109 Å². The van der Waals surface area contributed by atoms with Crippen molar-refractivity contribution in [3.8, 4) is 0 Å². The van der Waals surface area contributed by atoms with Crippen LogP contribution in [0.1, 0.15) is 50.9 Å². The largest absolute Gasteiger partial charge is 0.326 e. The van der Waals surface area contributed by atoms with E-state index in [0.29, 0.717) is 12.0 Å². The fraction of sp³-hybridized carbons (Fsp3) is 0.467. The molecule has 1 N–H and O–H groups in total. The minimum Gasteiger partial charge on any atom is -0.326 e. The monoisotopic (exact) mass is 247 g/mol. The number of anilines is 1. The third-order valence-electron chi connectivity index (χ3n) is 2.63. The molecule has 1 rings (SSSR count). The average Bonchev–Trinajstić information content (AvgIpc) is 2.25. The molecule has 0 aliphatic carbocycles. The van der Waals surface area contributed by atoms with Crippen molar-refractivity contribution in [3.05, 3.63) is 29.8 Å². The first-order valence-electron chi connectivity index (χ1n) is 6.19. The van der Waals surface area contributed by atoms with Crippen LogP contribution in [-0.2, 0) is 4.79 Å². The molecule has 0 spiro atoms. The number of hydrogen-bond donors (Lipinski definition) is 1. The minimum atomic E-state index is -0.109. The molecule has 0 aliphatic rings. The van der Waals surface area contributed by atoms with Crippen molar-refractivity contribution in [1.29, 1.82) is 0 Å². The zero-order valence-electron chi connectivity index (χ0n) is 11.5. The van der Waals surface area contributed by atoms with Crippen molar-refractivity contribution >= 4 is 17.4 Å². The van der Waals surface area contributed by atoms with E-state index in [4.69, 9.17) is 0 Å². The summed E-state index contributed by atoms with van der Waals surface area (Å²) in [4.78, 5) is 22.8. The van der Waals surface area contributed by atoms with Crippen molar-refractivity contribution in [2.24, 2.45) is 5.41 Å². The van der Waals surface area contributed by atoms with Gasteiger partial charge in [0.15, 0.2) is 5.78 Å². The van der Waals surface area contributed by atoms with Crippen LogP contribution in [0.3, 0.4) is 0 Å². The molecule has 0 radical (unpaired) electrons. The molecule has 18 heavy (non-hydrogen) atoms. The Kier molecular flexibility index (Phi) is 4.65. The Morgan fingerprint density at radius 1 is 1.11 bits per heavy atom. The number of Topliss-reactive ketones (excluding diaryl/α,β-unsaturated/α-hetero) is 1. The van der Waals surface area contributed by atoms with E-state index < -0.39 is 0 Å². The second-order valence-corrected chi connectivity index (χ2v) is 5.74. The molecule has 0 aliphatic heterocycles. The topological polar surface area (TPSA) is 46.2 Å². The molecule has 0 heterocycles. The zero-order chi connectivity index (χ0) is 13.8. The predicted octanol–water partition coefficient (Wildman–Crippen LogP) is 3.65. The van der Waals surface area contributed by atoms with Crippen LogP contribution in [0.4, 0.5) is 5.69 Å². The van der Waals surface area contributed by atoms with Crippen LogP contribution in [0.15, 0.2) is 24.3 Å². The highest BCUT2D eigenvalue weighted by Crippen LogP contribution is 2.22. The zero-order valence-corrected chi connectivity index (χ0v) is 11.5. The molecule has 0 bridgehead atoms. The van der Waals surface area contributed by atoms with Gasteiger partial charge in [-0.3, -0.25) is 9.59 Å². The summed E-state index contributed by atoms with van der Waals surface area (Å²) in [5.41, 5.74) is 1.59. The molecule has 0 saturated heterocycles. The lowest BCUT2D eigenvalue weighted by Crippen LogP contribution is -2.09. The molecule has 0 aromatic heterocycles. The normalized spacial score (nSPS) is 11.1. The van der Waals surface area contributed by atoms with Crippen LogP contribution < -0.4 is 5.32 Å². The van der Waals surface area contributed by atoms with E-state index in [9.17, 15) is 9.59 Å². The van der Waals surface area contributed by atoms with Gasteiger partial charge in [0, 0.05) is 24.6 Å². The summed E-state index contributed by atoms with van der Waals surface area (Å²) in [7, 11) is 0. The third-order valence-corrected chi connectivity index (χ3v) is 2.63. The lowest BCUT2D eigenvalue weighted by molar-refractivity contribution is -0.114. The summed E-state index contributed by atoms with van der Waals surface area (Å²) in [5, 5.41) is 2.68. The number of hydrogen-bond acceptors (Lipinski definition) is 2. The van der Waals surface area contributed by atoms with Crippen molar-refractivity contribution in [2.75, 3.05) is 5.32 Å². The highest BCUT2D eigenvalue weighted by molar-refractivity contribution is 5.97. The summed E-state index contributed by atoms with van der Waals surface area (Å²) in [6, 6.07) is 7.03. The van der Waals surface area contributed by atoms with Gasteiger partial charge in [-0.05, 0) is 36.1 Å². The van der Waals surface area contributed by atoms with Gasteiger partial charge < -0.3 is 5.32 Å². The Morgan fingerprint density at radius 3 is 2.11 bits per heavy atom. The summed E-state index contributed by atoms with van der Waals surface area (Å²) in [6.07, 6.45) is 1.43. The summed E-state index contributed by atoms with van der Waals surface area (Å²) < 4.78 is 0. The molecule has 98 valence electrons. The third kappa shape index (κ3) is 5.13. The fourth-order valence-corrected chi connectivity index (χ4v) is 1.58. The fourth-order valence-electron chi connectivity index (χ4n) is 1.58. The Morgan fingerprint density at radius 2 is 1.67 bits per heavy atom. The Balaban J connectivity index is 2.62. The second kappa shape index (κ2) is 5.80. The Bertz CT molecular complexity index is 427. The van der Waals surface area contributed by atoms with Crippen LogP contribution in [-0.4, -0.2) is 11.7 Å². The van der Waals surface area contributed by atoms with Gasteiger partial charge in [-0.2, -0.15) is 0 Å². The summed E-state index contributed by atoms with van der Waals surface area (Å²) in [6.45, 7) is 7.84. The average molecular weight is 247 g/mol. The molecule has 3 heteroatoms. The van der Waals surface area contributed by atoms with Gasteiger partial charge in [0.05, 0.1) is 0 Å². The smallest absolute Gasteiger partial charge is 0.221 e. The van der Waals surface area contributed by atoms with E-state index in [-0.39, 0.29) is 17.1 Å². The van der Waals surface area contributed by atoms with E-state index in [1.165, 1.54) is 6.92 Å². The number of rotatable bonds is 4. The van der Waals surface area contributed by atoms with Gasteiger partial charge in [0.1, 0.15) is 0 Å². The number of carbonyl (C=O) groups is 2. The van der Waals surface area contributed by atoms with Gasteiger partial charge in [-0.1, -0.05) is 20.8 Å². The van der Waals surface area contributed by atoms with Crippen LogP contribution in [0.2, 0.25) is 0 Å². The second-order valence-electron chi connectivity index (χ2n) is 5.74. The number of amides is 1. The molecule has 0 saturated carbocycles. The van der Waals surface area contributed by atoms with Gasteiger partial charge >= 0.3 is 0 Å². The molecule has 1 aromatic rings. The first kappa shape index (κ1) is 14.4. The highest BCUT2D eigenvalue weighted by Gasteiger charge is 2.14. The number of benzene rings is 1. The minimum absolute atomic E-state index is 0.109. The van der Waals surface area contributed by atoms with Gasteiger partial charge in [0.2, 0.25) is 5.91 Å². The van der Waals surface area contributed by atoms with E-state index in [2.05, 4.69) is 26.1 Å². The number of nitrogens with one attached hydrogen (secondary N) is 1. The van der Waals surface area contributed by atoms with E-state index in [1.54, 1.807) is 24.3 Å². The van der Waals surface area contributed by atoms with Crippen molar-refractivity contribution in [2.45, 2.75) is 40.5 Å². The van der Waals surface area contributed by atoms with Crippen LogP contribution in [0.25, 0.3) is 0 Å². The van der Waals surface area contributed by atoms with Crippen molar-refractivity contribution < 1.29 is 9.59 Å². The van der Waals surface area contributed by atoms with E-state index in [0.717, 1.165) is 12.1 Å². The molecular formula is C15H21NO2. The quantitative estimate of drug-likeness (QED) is 0.825. The molecule has 0 fully saturated rings. The number of carbonyl (C=O) groups excluding carboxylic acids is 2. The van der Waals surface area contributed by atoms with E-state index in [1.807, 2.05) is 0 Å². The predicted molar refractivity (Wildman–Crippen MR) is 73.8 cm³/mol. The molecule has 1 aromatic carbocycles. The first-order valence-corrected chi connectivity index (χ1v) is 6.19. The summed E-state index contributed by atoms with van der Waals surface area (Å²) in [5.74, 6) is 0.0427. The highest BCUT2D eigenvalue weighted by atomic mass is 16.1. The van der Waals surface area contributed by atoms with Gasteiger partial charge in [0.25, 0.3) is 0 Å². The lowest BCUT2D eigenvalue weighted by atomic mass is 9.88. The van der Waals surface area contributed by atoms with Crippen molar-refractivity contribution in [3.63, 3.8) is 0 Å². The van der Waals surface area contributed by atoms with Crippen molar-refractivity contribution in [1.82, 2.24) is 0 Å². The maximum absolute atomic E-state index is 11.9.